The smallest absolute Gasteiger partial charge is 0.234 e. The van der Waals surface area contributed by atoms with Crippen LogP contribution in [0.1, 0.15) is 49.4 Å². The zero-order chi connectivity index (χ0) is 18.4. The number of carbonyl (C=O) groups excluding carboxylic acids is 2. The van der Waals surface area contributed by atoms with Crippen molar-refractivity contribution in [2.24, 2.45) is 5.92 Å². The van der Waals surface area contributed by atoms with Gasteiger partial charge in [0, 0.05) is 44.0 Å². The Morgan fingerprint density at radius 3 is 2.27 bits per heavy atom. The summed E-state index contributed by atoms with van der Waals surface area (Å²) in [4.78, 5) is 28.1. The highest BCUT2D eigenvalue weighted by molar-refractivity contribution is 5.94. The summed E-state index contributed by atoms with van der Waals surface area (Å²) in [5.74, 6) is 0.943. The molecular weight excluding hydrogens is 326 g/mol. The molecule has 0 atom stereocenters. The normalized spacial score (nSPS) is 19.3. The molecule has 1 N–H and O–H groups in total. The van der Waals surface area contributed by atoms with Gasteiger partial charge in [0.25, 0.3) is 0 Å². The van der Waals surface area contributed by atoms with Crippen molar-refractivity contribution < 1.29 is 9.59 Å². The van der Waals surface area contributed by atoms with E-state index in [1.54, 1.807) is 6.92 Å². The molecule has 1 aromatic rings. The molecule has 1 aromatic carbocycles. The van der Waals surface area contributed by atoms with Crippen molar-refractivity contribution >= 4 is 17.4 Å². The van der Waals surface area contributed by atoms with Crippen molar-refractivity contribution in [3.63, 3.8) is 0 Å². The largest absolute Gasteiger partial charge is 0.369 e. The van der Waals surface area contributed by atoms with Crippen LogP contribution in [0.15, 0.2) is 24.3 Å². The van der Waals surface area contributed by atoms with Crippen LogP contribution in [0.2, 0.25) is 0 Å². The predicted molar refractivity (Wildman–Crippen MR) is 105 cm³/mol. The predicted octanol–water partition coefficient (Wildman–Crippen LogP) is 2.71. The summed E-state index contributed by atoms with van der Waals surface area (Å²) in [5, 5.41) is 3.13. The summed E-state index contributed by atoms with van der Waals surface area (Å²) < 4.78 is 0. The molecule has 1 amide bonds. The van der Waals surface area contributed by atoms with Gasteiger partial charge in [-0.25, -0.2) is 0 Å². The molecule has 0 aromatic heterocycles. The molecule has 5 nitrogen and oxygen atoms in total. The molecule has 5 heteroatoms. The van der Waals surface area contributed by atoms with Gasteiger partial charge < -0.3 is 10.2 Å². The molecule has 1 aliphatic heterocycles. The maximum atomic E-state index is 12.2. The van der Waals surface area contributed by atoms with Crippen LogP contribution in [0, 0.1) is 5.92 Å². The average Bonchev–Trinajstić information content (AvgIpc) is 2.68. The number of Topliss-reactive ketones (excluding diaryl/α,β-unsaturated/α-hetero) is 1. The van der Waals surface area contributed by atoms with E-state index in [-0.39, 0.29) is 11.7 Å². The minimum Gasteiger partial charge on any atom is -0.369 e. The fraction of sp³-hybridized carbons (Fsp3) is 0.619. The van der Waals surface area contributed by atoms with Crippen LogP contribution in [0.5, 0.6) is 0 Å². The van der Waals surface area contributed by atoms with Crippen LogP contribution in [0.25, 0.3) is 0 Å². The summed E-state index contributed by atoms with van der Waals surface area (Å²) in [5.41, 5.74) is 1.90. The molecule has 1 aliphatic carbocycles. The Hall–Kier alpha value is -1.88. The van der Waals surface area contributed by atoms with Gasteiger partial charge in [-0.15, -0.1) is 0 Å². The Balaban J connectivity index is 1.39. The summed E-state index contributed by atoms with van der Waals surface area (Å²) in [6.07, 6.45) is 6.51. The molecule has 2 fully saturated rings. The van der Waals surface area contributed by atoms with Gasteiger partial charge in [-0.05, 0) is 49.9 Å². The van der Waals surface area contributed by atoms with E-state index in [9.17, 15) is 9.59 Å². The molecule has 142 valence electrons. The van der Waals surface area contributed by atoms with Crippen molar-refractivity contribution in [3.05, 3.63) is 29.8 Å². The zero-order valence-corrected chi connectivity index (χ0v) is 15.9. The first kappa shape index (κ1) is 18.9. The van der Waals surface area contributed by atoms with Gasteiger partial charge in [0.15, 0.2) is 5.78 Å². The molecule has 1 saturated carbocycles. The van der Waals surface area contributed by atoms with Crippen LogP contribution < -0.4 is 10.2 Å². The third-order valence-electron chi connectivity index (χ3n) is 5.69. The van der Waals surface area contributed by atoms with E-state index in [1.165, 1.54) is 32.1 Å². The van der Waals surface area contributed by atoms with Crippen molar-refractivity contribution in [2.45, 2.75) is 39.0 Å². The molecule has 2 aliphatic rings. The number of nitrogens with zero attached hydrogens (tertiary/aromatic N) is 2. The Morgan fingerprint density at radius 2 is 1.65 bits per heavy atom. The molecule has 3 rings (SSSR count). The van der Waals surface area contributed by atoms with Gasteiger partial charge >= 0.3 is 0 Å². The number of amides is 1. The third kappa shape index (κ3) is 5.31. The molecular formula is C21H31N3O2. The van der Waals surface area contributed by atoms with Crippen LogP contribution in [0.3, 0.4) is 0 Å². The number of hydrogen-bond donors (Lipinski definition) is 1. The van der Waals surface area contributed by atoms with E-state index in [0.717, 1.165) is 44.0 Å². The number of nitrogens with one attached hydrogen (secondary N) is 1. The van der Waals surface area contributed by atoms with Gasteiger partial charge in [0.05, 0.1) is 6.54 Å². The maximum Gasteiger partial charge on any atom is 0.234 e. The topological polar surface area (TPSA) is 52.7 Å². The highest BCUT2D eigenvalue weighted by atomic mass is 16.2. The summed E-state index contributed by atoms with van der Waals surface area (Å²) in [6, 6.07) is 7.82. The SMILES string of the molecule is CC(=O)c1ccc(N2CCN(CC(=O)NCC3CCCCC3)CC2)cc1. The van der Waals surface area contributed by atoms with E-state index < -0.39 is 0 Å². The molecule has 1 saturated heterocycles. The lowest BCUT2D eigenvalue weighted by Gasteiger charge is -2.35. The van der Waals surface area contributed by atoms with E-state index in [4.69, 9.17) is 0 Å². The van der Waals surface area contributed by atoms with Crippen molar-refractivity contribution in [1.82, 2.24) is 10.2 Å². The summed E-state index contributed by atoms with van der Waals surface area (Å²) in [6.45, 7) is 6.56. The number of carbonyl (C=O) groups is 2. The molecule has 26 heavy (non-hydrogen) atoms. The van der Waals surface area contributed by atoms with Gasteiger partial charge in [0.2, 0.25) is 5.91 Å². The molecule has 0 radical (unpaired) electrons. The Bertz CT molecular complexity index is 600. The third-order valence-corrected chi connectivity index (χ3v) is 5.69. The fourth-order valence-corrected chi connectivity index (χ4v) is 3.98. The second kappa shape index (κ2) is 9.17. The average molecular weight is 357 g/mol. The zero-order valence-electron chi connectivity index (χ0n) is 15.9. The van der Waals surface area contributed by atoms with Crippen LogP contribution >= 0.6 is 0 Å². The Kier molecular flexibility index (Phi) is 6.67. The van der Waals surface area contributed by atoms with Crippen LogP contribution in [-0.2, 0) is 4.79 Å². The minimum absolute atomic E-state index is 0.0978. The summed E-state index contributed by atoms with van der Waals surface area (Å²) in [7, 11) is 0. The van der Waals surface area contributed by atoms with Gasteiger partial charge in [0.1, 0.15) is 0 Å². The molecule has 0 unspecified atom stereocenters. The number of ketones is 1. The number of hydrogen-bond acceptors (Lipinski definition) is 4. The van der Waals surface area contributed by atoms with E-state index in [1.807, 2.05) is 24.3 Å². The number of anilines is 1. The van der Waals surface area contributed by atoms with Crippen molar-refractivity contribution in [1.29, 1.82) is 0 Å². The first-order chi connectivity index (χ1) is 12.6. The van der Waals surface area contributed by atoms with Crippen molar-refractivity contribution in [2.75, 3.05) is 44.2 Å². The minimum atomic E-state index is 0.0978. The molecule has 0 bridgehead atoms. The number of rotatable bonds is 6. The summed E-state index contributed by atoms with van der Waals surface area (Å²) >= 11 is 0. The second-order valence-electron chi connectivity index (χ2n) is 7.67. The first-order valence-electron chi connectivity index (χ1n) is 9.97. The molecule has 1 heterocycles. The highest BCUT2D eigenvalue weighted by Gasteiger charge is 2.20. The fourth-order valence-electron chi connectivity index (χ4n) is 3.98. The van der Waals surface area contributed by atoms with E-state index in [0.29, 0.717) is 12.5 Å². The van der Waals surface area contributed by atoms with E-state index in [2.05, 4.69) is 15.1 Å². The van der Waals surface area contributed by atoms with Crippen molar-refractivity contribution in [3.8, 4) is 0 Å². The van der Waals surface area contributed by atoms with Gasteiger partial charge in [-0.3, -0.25) is 14.5 Å². The second-order valence-corrected chi connectivity index (χ2v) is 7.67. The maximum absolute atomic E-state index is 12.2. The lowest BCUT2D eigenvalue weighted by atomic mass is 9.89. The van der Waals surface area contributed by atoms with Gasteiger partial charge in [-0.2, -0.15) is 0 Å². The first-order valence-corrected chi connectivity index (χ1v) is 9.97. The monoisotopic (exact) mass is 357 g/mol. The molecule has 0 spiro atoms. The Morgan fingerprint density at radius 1 is 1.00 bits per heavy atom. The lowest BCUT2D eigenvalue weighted by molar-refractivity contribution is -0.122. The lowest BCUT2D eigenvalue weighted by Crippen LogP contribution is -2.49. The highest BCUT2D eigenvalue weighted by Crippen LogP contribution is 2.22. The number of piperazine rings is 1. The van der Waals surface area contributed by atoms with Crippen LogP contribution in [-0.4, -0.2) is 55.9 Å². The standard InChI is InChI=1S/C21H31N3O2/c1-17(25)19-7-9-20(10-8-19)24-13-11-23(12-14-24)16-21(26)22-15-18-5-3-2-4-6-18/h7-10,18H,2-6,11-16H2,1H3,(H,22,26). The van der Waals surface area contributed by atoms with E-state index >= 15 is 0 Å². The number of benzene rings is 1. The van der Waals surface area contributed by atoms with Gasteiger partial charge in [-0.1, -0.05) is 19.3 Å². The Labute approximate surface area is 156 Å². The quantitative estimate of drug-likeness (QED) is 0.796. The van der Waals surface area contributed by atoms with Crippen LogP contribution in [0.4, 0.5) is 5.69 Å².